The molecule has 0 amide bonds. The molecule has 2 aliphatic rings. The lowest BCUT2D eigenvalue weighted by Crippen LogP contribution is -2.36. The highest BCUT2D eigenvalue weighted by Gasteiger charge is 2.54. The second kappa shape index (κ2) is 9.48. The zero-order chi connectivity index (χ0) is 21.9. The second-order valence-corrected chi connectivity index (χ2v) is 9.56. The van der Waals surface area contributed by atoms with Crippen LogP contribution in [0.1, 0.15) is 25.0 Å². The smallest absolute Gasteiger partial charge is 0.387 e. The molecule has 31 heavy (non-hydrogen) atoms. The summed E-state index contributed by atoms with van der Waals surface area (Å²) >= 11 is 0. The molecule has 1 N–H and O–H groups in total. The van der Waals surface area contributed by atoms with Crippen molar-refractivity contribution >= 4 is 7.82 Å². The molecule has 0 aromatic heterocycles. The zero-order valence-corrected chi connectivity index (χ0v) is 18.4. The Kier molecular flexibility index (Phi) is 6.91. The van der Waals surface area contributed by atoms with Crippen molar-refractivity contribution in [1.82, 2.24) is 0 Å². The van der Waals surface area contributed by atoms with E-state index in [0.717, 1.165) is 11.1 Å². The van der Waals surface area contributed by atoms with Gasteiger partial charge in [-0.2, -0.15) is 0 Å². The number of benzene rings is 2. The number of hydrogen-bond acceptors (Lipinski definition) is 8. The Morgan fingerprint density at radius 2 is 1.45 bits per heavy atom. The molecule has 9 heteroatoms. The summed E-state index contributed by atoms with van der Waals surface area (Å²) in [6.45, 7) is 3.38. The van der Waals surface area contributed by atoms with Gasteiger partial charge in [0, 0.05) is 0 Å². The molecule has 0 spiro atoms. The summed E-state index contributed by atoms with van der Waals surface area (Å²) in [4.78, 5) is 0. The molecule has 2 heterocycles. The number of aliphatic hydroxyl groups excluding tert-OH is 1. The standard InChI is InChI=1S/C22H27O8P/c1-22(2)29-20-19(23)18(28-21(20)30-22)15-27-31(24,25-13-16-9-5-3-6-10-16)26-14-17-11-7-4-8-12-17/h3-12,18-21,23H,13-15H2,1-2H3/t18-,19+,20-,21-/m1/s1. The topological polar surface area (TPSA) is 92.7 Å². The minimum Gasteiger partial charge on any atom is -0.387 e. The Balaban J connectivity index is 1.38. The van der Waals surface area contributed by atoms with E-state index in [2.05, 4.69) is 0 Å². The van der Waals surface area contributed by atoms with Crippen LogP contribution in [0, 0.1) is 0 Å². The molecular weight excluding hydrogens is 423 g/mol. The first kappa shape index (κ1) is 22.6. The lowest BCUT2D eigenvalue weighted by molar-refractivity contribution is -0.218. The van der Waals surface area contributed by atoms with Crippen LogP contribution in [0.2, 0.25) is 0 Å². The summed E-state index contributed by atoms with van der Waals surface area (Å²) in [5, 5.41) is 10.5. The third-order valence-corrected chi connectivity index (χ3v) is 6.33. The Labute approximate surface area is 181 Å². The molecular formula is C22H27O8P. The lowest BCUT2D eigenvalue weighted by Gasteiger charge is -2.24. The molecule has 2 aromatic rings. The molecule has 2 aliphatic heterocycles. The van der Waals surface area contributed by atoms with Crippen LogP contribution in [0.3, 0.4) is 0 Å². The van der Waals surface area contributed by atoms with E-state index in [1.807, 2.05) is 60.7 Å². The van der Waals surface area contributed by atoms with Crippen molar-refractivity contribution in [3.05, 3.63) is 71.8 Å². The van der Waals surface area contributed by atoms with Crippen molar-refractivity contribution < 1.29 is 37.5 Å². The minimum atomic E-state index is -3.96. The van der Waals surface area contributed by atoms with Gasteiger partial charge in [0.05, 0.1) is 19.8 Å². The van der Waals surface area contributed by atoms with Crippen LogP contribution >= 0.6 is 7.82 Å². The molecule has 0 saturated carbocycles. The van der Waals surface area contributed by atoms with Gasteiger partial charge < -0.3 is 19.3 Å². The maximum Gasteiger partial charge on any atom is 0.475 e. The molecule has 2 aromatic carbocycles. The molecule has 0 aliphatic carbocycles. The molecule has 2 saturated heterocycles. The SMILES string of the molecule is CC1(C)O[C@H]2O[C@H](COP(=O)(OCc3ccccc3)OCc3ccccc3)[C@H](O)[C@H]2O1. The van der Waals surface area contributed by atoms with E-state index in [-0.39, 0.29) is 19.8 Å². The number of rotatable bonds is 9. The van der Waals surface area contributed by atoms with Gasteiger partial charge in [0.15, 0.2) is 12.1 Å². The largest absolute Gasteiger partial charge is 0.475 e. The first-order valence-electron chi connectivity index (χ1n) is 10.1. The van der Waals surface area contributed by atoms with Crippen LogP contribution in [-0.2, 0) is 45.6 Å². The zero-order valence-electron chi connectivity index (χ0n) is 17.5. The van der Waals surface area contributed by atoms with E-state index in [9.17, 15) is 9.67 Å². The molecule has 0 bridgehead atoms. The Morgan fingerprint density at radius 3 is 1.97 bits per heavy atom. The quantitative estimate of drug-likeness (QED) is 0.577. The molecule has 4 rings (SSSR count). The van der Waals surface area contributed by atoms with Crippen LogP contribution in [0.4, 0.5) is 0 Å². The fourth-order valence-electron chi connectivity index (χ4n) is 3.43. The molecule has 0 unspecified atom stereocenters. The van der Waals surface area contributed by atoms with Crippen LogP contribution in [0.25, 0.3) is 0 Å². The van der Waals surface area contributed by atoms with Gasteiger partial charge in [-0.3, -0.25) is 13.6 Å². The van der Waals surface area contributed by atoms with Crippen LogP contribution < -0.4 is 0 Å². The molecule has 4 atom stereocenters. The number of hydrogen-bond donors (Lipinski definition) is 1. The van der Waals surface area contributed by atoms with Gasteiger partial charge >= 0.3 is 7.82 Å². The number of aliphatic hydroxyl groups is 1. The van der Waals surface area contributed by atoms with E-state index in [4.69, 9.17) is 27.8 Å². The van der Waals surface area contributed by atoms with Crippen LogP contribution in [0.5, 0.6) is 0 Å². The molecule has 8 nitrogen and oxygen atoms in total. The Hall–Kier alpha value is -1.61. The van der Waals surface area contributed by atoms with Gasteiger partial charge in [-0.15, -0.1) is 0 Å². The van der Waals surface area contributed by atoms with E-state index in [1.54, 1.807) is 13.8 Å². The predicted octanol–water partition coefficient (Wildman–Crippen LogP) is 3.78. The summed E-state index contributed by atoms with van der Waals surface area (Å²) in [7, 11) is -3.96. The fraction of sp³-hybridized carbons (Fsp3) is 0.455. The van der Waals surface area contributed by atoms with E-state index < -0.39 is 38.2 Å². The van der Waals surface area contributed by atoms with Gasteiger partial charge in [-0.1, -0.05) is 60.7 Å². The van der Waals surface area contributed by atoms with Crippen molar-refractivity contribution in [2.24, 2.45) is 0 Å². The number of ether oxygens (including phenoxy) is 3. The normalized spacial score (nSPS) is 27.3. The van der Waals surface area contributed by atoms with Crippen molar-refractivity contribution in [2.45, 2.75) is 57.5 Å². The summed E-state index contributed by atoms with van der Waals surface area (Å²) in [5.41, 5.74) is 1.65. The molecule has 2 fully saturated rings. The first-order chi connectivity index (χ1) is 14.8. The van der Waals surface area contributed by atoms with Crippen LogP contribution in [-0.4, -0.2) is 42.1 Å². The minimum absolute atomic E-state index is 0.0483. The lowest BCUT2D eigenvalue weighted by atomic mass is 10.1. The van der Waals surface area contributed by atoms with Gasteiger partial charge in [-0.05, 0) is 25.0 Å². The summed E-state index contributed by atoms with van der Waals surface area (Å²) in [6, 6.07) is 18.6. The predicted molar refractivity (Wildman–Crippen MR) is 111 cm³/mol. The summed E-state index contributed by atoms with van der Waals surface area (Å²) in [6.07, 6.45) is -3.14. The maximum absolute atomic E-state index is 13.3. The van der Waals surface area contributed by atoms with Crippen molar-refractivity contribution in [2.75, 3.05) is 6.61 Å². The highest BCUT2D eigenvalue weighted by Crippen LogP contribution is 2.51. The fourth-order valence-corrected chi connectivity index (χ4v) is 4.60. The van der Waals surface area contributed by atoms with Crippen molar-refractivity contribution in [3.63, 3.8) is 0 Å². The van der Waals surface area contributed by atoms with Crippen molar-refractivity contribution in [3.8, 4) is 0 Å². The number of phosphoric ester groups is 1. The summed E-state index contributed by atoms with van der Waals surface area (Å²) in [5.74, 6) is -0.838. The van der Waals surface area contributed by atoms with E-state index in [1.165, 1.54) is 0 Å². The summed E-state index contributed by atoms with van der Waals surface area (Å²) < 4.78 is 47.0. The molecule has 0 radical (unpaired) electrons. The van der Waals surface area contributed by atoms with Gasteiger partial charge in [-0.25, -0.2) is 4.57 Å². The number of fused-ring (bicyclic) bond motifs is 1. The third-order valence-electron chi connectivity index (χ3n) is 4.98. The number of phosphoric acid groups is 1. The highest BCUT2D eigenvalue weighted by molar-refractivity contribution is 7.48. The highest BCUT2D eigenvalue weighted by atomic mass is 31.2. The average Bonchev–Trinajstić information content (AvgIpc) is 3.23. The maximum atomic E-state index is 13.3. The Morgan fingerprint density at radius 1 is 0.903 bits per heavy atom. The second-order valence-electron chi connectivity index (χ2n) is 7.89. The van der Waals surface area contributed by atoms with Gasteiger partial charge in [0.25, 0.3) is 0 Å². The van der Waals surface area contributed by atoms with Gasteiger partial charge in [0.1, 0.15) is 18.3 Å². The first-order valence-corrected chi connectivity index (χ1v) is 11.6. The molecule has 168 valence electrons. The van der Waals surface area contributed by atoms with E-state index in [0.29, 0.717) is 0 Å². The van der Waals surface area contributed by atoms with Gasteiger partial charge in [0.2, 0.25) is 0 Å². The third kappa shape index (κ3) is 5.80. The monoisotopic (exact) mass is 450 g/mol. The Bertz CT molecular complexity index is 843. The average molecular weight is 450 g/mol. The van der Waals surface area contributed by atoms with Crippen LogP contribution in [0.15, 0.2) is 60.7 Å². The van der Waals surface area contributed by atoms with E-state index >= 15 is 0 Å². The van der Waals surface area contributed by atoms with Crippen molar-refractivity contribution in [1.29, 1.82) is 0 Å².